The van der Waals surface area contributed by atoms with E-state index in [4.69, 9.17) is 4.74 Å². The first-order valence-electron chi connectivity index (χ1n) is 7.01. The molecule has 1 N–H and O–H groups in total. The zero-order valence-electron chi connectivity index (χ0n) is 11.8. The van der Waals surface area contributed by atoms with Gasteiger partial charge in [-0.15, -0.1) is 0 Å². The van der Waals surface area contributed by atoms with Crippen LogP contribution in [-0.2, 0) is 4.79 Å². The third-order valence-corrected chi connectivity index (χ3v) is 3.52. The normalized spacial score (nSPS) is 18.0. The van der Waals surface area contributed by atoms with E-state index in [2.05, 4.69) is 5.32 Å². The highest BCUT2D eigenvalue weighted by Gasteiger charge is 2.19. The van der Waals surface area contributed by atoms with Crippen LogP contribution >= 0.6 is 0 Å². The molecule has 5 heteroatoms. The molecule has 1 aromatic rings. The van der Waals surface area contributed by atoms with Gasteiger partial charge in [0.15, 0.2) is 0 Å². The van der Waals surface area contributed by atoms with Crippen molar-refractivity contribution in [1.29, 1.82) is 0 Å². The van der Waals surface area contributed by atoms with Crippen molar-refractivity contribution in [3.8, 4) is 5.75 Å². The monoisotopic (exact) mass is 280 g/mol. The molecule has 1 saturated heterocycles. The van der Waals surface area contributed by atoms with Crippen LogP contribution in [0.4, 0.5) is 4.39 Å². The van der Waals surface area contributed by atoms with E-state index >= 15 is 0 Å². The summed E-state index contributed by atoms with van der Waals surface area (Å²) < 4.78 is 18.2. The van der Waals surface area contributed by atoms with Crippen molar-refractivity contribution in [1.82, 2.24) is 10.2 Å². The van der Waals surface area contributed by atoms with Gasteiger partial charge < -0.3 is 15.0 Å². The summed E-state index contributed by atoms with van der Waals surface area (Å²) >= 11 is 0. The molecule has 1 aliphatic heterocycles. The molecule has 2 rings (SSSR count). The maximum Gasteiger partial charge on any atom is 0.223 e. The van der Waals surface area contributed by atoms with Crippen molar-refractivity contribution < 1.29 is 13.9 Å². The average molecular weight is 280 g/mol. The SMILES string of the molecule is CN(CCOc1ccc(F)cc1)C(=O)CC1CCCN1. The fraction of sp³-hybridized carbons (Fsp3) is 0.533. The number of hydrogen-bond donors (Lipinski definition) is 1. The summed E-state index contributed by atoms with van der Waals surface area (Å²) in [5.41, 5.74) is 0. The molecule has 1 unspecified atom stereocenters. The lowest BCUT2D eigenvalue weighted by molar-refractivity contribution is -0.130. The van der Waals surface area contributed by atoms with Crippen molar-refractivity contribution in [2.24, 2.45) is 0 Å². The fourth-order valence-corrected chi connectivity index (χ4v) is 2.25. The molecule has 0 aliphatic carbocycles. The Morgan fingerprint density at radius 2 is 2.20 bits per heavy atom. The predicted molar refractivity (Wildman–Crippen MR) is 75.2 cm³/mol. The van der Waals surface area contributed by atoms with Crippen molar-refractivity contribution in [3.63, 3.8) is 0 Å². The lowest BCUT2D eigenvalue weighted by atomic mass is 10.1. The second-order valence-corrected chi connectivity index (χ2v) is 5.12. The first kappa shape index (κ1) is 14.8. The first-order valence-corrected chi connectivity index (χ1v) is 7.01. The summed E-state index contributed by atoms with van der Waals surface area (Å²) in [6.45, 7) is 1.95. The van der Waals surface area contributed by atoms with Crippen LogP contribution in [0.2, 0.25) is 0 Å². The molecule has 110 valence electrons. The van der Waals surface area contributed by atoms with Crippen LogP contribution in [0.1, 0.15) is 19.3 Å². The number of nitrogens with one attached hydrogen (secondary N) is 1. The van der Waals surface area contributed by atoms with Gasteiger partial charge in [0.05, 0.1) is 6.54 Å². The molecule has 0 radical (unpaired) electrons. The lowest BCUT2D eigenvalue weighted by Crippen LogP contribution is -2.35. The zero-order valence-corrected chi connectivity index (χ0v) is 11.8. The minimum atomic E-state index is -0.284. The maximum atomic E-state index is 12.7. The van der Waals surface area contributed by atoms with Crippen LogP contribution in [0.25, 0.3) is 0 Å². The van der Waals surface area contributed by atoms with Gasteiger partial charge in [0.2, 0.25) is 5.91 Å². The van der Waals surface area contributed by atoms with Gasteiger partial charge >= 0.3 is 0 Å². The molecule has 0 saturated carbocycles. The van der Waals surface area contributed by atoms with E-state index in [0.717, 1.165) is 19.4 Å². The molecule has 0 aromatic heterocycles. The zero-order chi connectivity index (χ0) is 14.4. The number of carbonyl (C=O) groups is 1. The van der Waals surface area contributed by atoms with Gasteiger partial charge in [-0.1, -0.05) is 0 Å². The Labute approximate surface area is 118 Å². The Balaban J connectivity index is 1.67. The third kappa shape index (κ3) is 4.49. The summed E-state index contributed by atoms with van der Waals surface area (Å²) in [6.07, 6.45) is 2.77. The summed E-state index contributed by atoms with van der Waals surface area (Å²) in [5.74, 6) is 0.463. The van der Waals surface area contributed by atoms with E-state index in [1.807, 2.05) is 0 Å². The molecule has 20 heavy (non-hydrogen) atoms. The van der Waals surface area contributed by atoms with E-state index in [9.17, 15) is 9.18 Å². The van der Waals surface area contributed by atoms with Gasteiger partial charge in [0.25, 0.3) is 0 Å². The lowest BCUT2D eigenvalue weighted by Gasteiger charge is -2.19. The smallest absolute Gasteiger partial charge is 0.223 e. The van der Waals surface area contributed by atoms with E-state index in [0.29, 0.717) is 31.4 Å². The van der Waals surface area contributed by atoms with Crippen LogP contribution in [0.15, 0.2) is 24.3 Å². The number of benzene rings is 1. The van der Waals surface area contributed by atoms with Gasteiger partial charge in [-0.2, -0.15) is 0 Å². The largest absolute Gasteiger partial charge is 0.492 e. The molecule has 1 aromatic carbocycles. The number of likely N-dealkylation sites (N-methyl/N-ethyl adjacent to an activating group) is 1. The van der Waals surface area contributed by atoms with Gasteiger partial charge in [0.1, 0.15) is 18.2 Å². The summed E-state index contributed by atoms with van der Waals surface area (Å²) in [6, 6.07) is 6.20. The quantitative estimate of drug-likeness (QED) is 0.864. The van der Waals surface area contributed by atoms with E-state index in [1.54, 1.807) is 24.1 Å². The minimum absolute atomic E-state index is 0.132. The molecular formula is C15H21FN2O2. The Hall–Kier alpha value is -1.62. The highest BCUT2D eigenvalue weighted by atomic mass is 19.1. The van der Waals surface area contributed by atoms with Crippen molar-refractivity contribution in [3.05, 3.63) is 30.1 Å². The number of nitrogens with zero attached hydrogens (tertiary/aromatic N) is 1. The second kappa shape index (κ2) is 7.24. The minimum Gasteiger partial charge on any atom is -0.492 e. The number of ether oxygens (including phenoxy) is 1. The van der Waals surface area contributed by atoms with Crippen LogP contribution in [0.5, 0.6) is 5.75 Å². The van der Waals surface area contributed by atoms with E-state index in [-0.39, 0.29) is 11.7 Å². The van der Waals surface area contributed by atoms with Crippen molar-refractivity contribution >= 4 is 5.91 Å². The summed E-state index contributed by atoms with van der Waals surface area (Å²) in [5, 5.41) is 3.32. The van der Waals surface area contributed by atoms with Crippen molar-refractivity contribution in [2.75, 3.05) is 26.7 Å². The number of halogens is 1. The topological polar surface area (TPSA) is 41.6 Å². The molecule has 0 spiro atoms. The Kier molecular flexibility index (Phi) is 5.35. The second-order valence-electron chi connectivity index (χ2n) is 5.12. The third-order valence-electron chi connectivity index (χ3n) is 3.52. The number of amides is 1. The Morgan fingerprint density at radius 3 is 2.85 bits per heavy atom. The molecule has 4 nitrogen and oxygen atoms in total. The molecule has 1 atom stereocenters. The van der Waals surface area contributed by atoms with Gasteiger partial charge in [-0.3, -0.25) is 4.79 Å². The average Bonchev–Trinajstić information content (AvgIpc) is 2.93. The molecule has 1 aliphatic rings. The molecule has 1 amide bonds. The van der Waals surface area contributed by atoms with E-state index < -0.39 is 0 Å². The summed E-state index contributed by atoms with van der Waals surface area (Å²) in [7, 11) is 1.78. The predicted octanol–water partition coefficient (Wildman–Crippen LogP) is 1.80. The molecule has 1 heterocycles. The Bertz CT molecular complexity index is 430. The number of rotatable bonds is 6. The highest BCUT2D eigenvalue weighted by molar-refractivity contribution is 5.76. The summed E-state index contributed by atoms with van der Waals surface area (Å²) in [4.78, 5) is 13.7. The van der Waals surface area contributed by atoms with Gasteiger partial charge in [-0.25, -0.2) is 4.39 Å². The highest BCUT2D eigenvalue weighted by Crippen LogP contribution is 2.12. The fourth-order valence-electron chi connectivity index (χ4n) is 2.25. The van der Waals surface area contributed by atoms with Crippen LogP contribution in [0, 0.1) is 5.82 Å². The van der Waals surface area contributed by atoms with Crippen LogP contribution in [-0.4, -0.2) is 43.6 Å². The molecular weight excluding hydrogens is 259 g/mol. The molecule has 1 fully saturated rings. The van der Waals surface area contributed by atoms with Gasteiger partial charge in [-0.05, 0) is 43.7 Å². The Morgan fingerprint density at radius 1 is 1.45 bits per heavy atom. The van der Waals surface area contributed by atoms with Gasteiger partial charge in [0, 0.05) is 19.5 Å². The van der Waals surface area contributed by atoms with Crippen molar-refractivity contribution in [2.45, 2.75) is 25.3 Å². The maximum absolute atomic E-state index is 12.7. The van der Waals surface area contributed by atoms with Crippen LogP contribution < -0.4 is 10.1 Å². The van der Waals surface area contributed by atoms with Crippen LogP contribution in [0.3, 0.4) is 0 Å². The number of hydrogen-bond acceptors (Lipinski definition) is 3. The molecule has 0 bridgehead atoms. The van der Waals surface area contributed by atoms with E-state index in [1.165, 1.54) is 12.1 Å². The first-order chi connectivity index (χ1) is 9.65. The standard InChI is InChI=1S/C15H21FN2O2/c1-18(15(19)11-13-3-2-8-17-13)9-10-20-14-6-4-12(16)5-7-14/h4-7,13,17H,2-3,8-11H2,1H3. The number of carbonyl (C=O) groups excluding carboxylic acids is 1.